The first kappa shape index (κ1) is 17.8. The molecule has 6 heteroatoms. The average molecular weight is 370 g/mol. The van der Waals surface area contributed by atoms with E-state index in [9.17, 15) is 9.18 Å². The second-order valence-corrected chi connectivity index (χ2v) is 7.07. The number of piperidine rings is 1. The number of ether oxygens (including phenoxy) is 2. The number of anilines is 1. The molecule has 2 aromatic rings. The summed E-state index contributed by atoms with van der Waals surface area (Å²) in [6.45, 7) is 3.78. The highest BCUT2D eigenvalue weighted by molar-refractivity contribution is 5.93. The minimum atomic E-state index is -0.173. The van der Waals surface area contributed by atoms with Crippen molar-refractivity contribution in [1.29, 1.82) is 0 Å². The summed E-state index contributed by atoms with van der Waals surface area (Å²) in [6.07, 6.45) is 1.52. The number of nitrogens with zero attached hydrogens (tertiary/aromatic N) is 1. The summed E-state index contributed by atoms with van der Waals surface area (Å²) < 4.78 is 24.7. The maximum atomic E-state index is 14.0. The van der Waals surface area contributed by atoms with Crippen LogP contribution in [0.4, 0.5) is 10.1 Å². The molecule has 0 spiro atoms. The number of carbonyl (C=O) groups excluding carboxylic acids is 1. The van der Waals surface area contributed by atoms with Crippen LogP contribution < -0.4 is 14.8 Å². The van der Waals surface area contributed by atoms with Crippen LogP contribution >= 0.6 is 0 Å². The number of carbonyl (C=O) groups is 1. The van der Waals surface area contributed by atoms with Gasteiger partial charge < -0.3 is 14.8 Å². The van der Waals surface area contributed by atoms with Crippen molar-refractivity contribution in [2.75, 3.05) is 25.2 Å². The summed E-state index contributed by atoms with van der Waals surface area (Å²) in [6, 6.07) is 12.3. The van der Waals surface area contributed by atoms with Gasteiger partial charge in [0.25, 0.3) is 0 Å². The molecule has 0 radical (unpaired) electrons. The zero-order valence-corrected chi connectivity index (χ0v) is 15.3. The topological polar surface area (TPSA) is 50.8 Å². The predicted molar refractivity (Wildman–Crippen MR) is 100 cm³/mol. The Morgan fingerprint density at radius 1 is 1.15 bits per heavy atom. The van der Waals surface area contributed by atoms with E-state index in [0.29, 0.717) is 22.7 Å². The summed E-state index contributed by atoms with van der Waals surface area (Å²) in [5.74, 6) is 1.16. The minimum absolute atomic E-state index is 0.00377. The smallest absolute Gasteiger partial charge is 0.231 e. The van der Waals surface area contributed by atoms with Gasteiger partial charge in [0.05, 0.1) is 0 Å². The monoisotopic (exact) mass is 370 g/mol. The first-order valence-corrected chi connectivity index (χ1v) is 9.31. The molecule has 5 nitrogen and oxygen atoms in total. The molecule has 1 N–H and O–H groups in total. The number of nitrogens with one attached hydrogen (secondary N) is 1. The van der Waals surface area contributed by atoms with E-state index in [4.69, 9.17) is 9.47 Å². The van der Waals surface area contributed by atoms with Crippen LogP contribution in [0.1, 0.15) is 31.4 Å². The molecule has 0 saturated carbocycles. The Morgan fingerprint density at radius 3 is 2.67 bits per heavy atom. The molecule has 2 heterocycles. The molecular weight excluding hydrogens is 347 g/mol. The lowest BCUT2D eigenvalue weighted by Crippen LogP contribution is -2.39. The minimum Gasteiger partial charge on any atom is -0.454 e. The normalized spacial score (nSPS) is 18.3. The second-order valence-electron chi connectivity index (χ2n) is 7.07. The van der Waals surface area contributed by atoms with Gasteiger partial charge in [-0.15, -0.1) is 0 Å². The van der Waals surface area contributed by atoms with Crippen LogP contribution in [0.5, 0.6) is 11.5 Å². The van der Waals surface area contributed by atoms with Crippen molar-refractivity contribution in [2.45, 2.75) is 25.8 Å². The molecule has 1 unspecified atom stereocenters. The molecule has 1 amide bonds. The lowest BCUT2D eigenvalue weighted by Gasteiger charge is -2.35. The van der Waals surface area contributed by atoms with E-state index >= 15 is 0 Å². The van der Waals surface area contributed by atoms with E-state index in [-0.39, 0.29) is 30.5 Å². The van der Waals surface area contributed by atoms with Gasteiger partial charge in [-0.25, -0.2) is 4.39 Å². The Bertz CT molecular complexity index is 834. The first-order chi connectivity index (χ1) is 13.1. The number of hydrogen-bond donors (Lipinski definition) is 1. The van der Waals surface area contributed by atoms with Crippen molar-refractivity contribution >= 4 is 11.6 Å². The predicted octanol–water partition coefficient (Wildman–Crippen LogP) is 3.97. The highest BCUT2D eigenvalue weighted by Crippen LogP contribution is 2.35. The van der Waals surface area contributed by atoms with Gasteiger partial charge in [-0.2, -0.15) is 0 Å². The average Bonchev–Trinajstić information content (AvgIpc) is 3.16. The van der Waals surface area contributed by atoms with E-state index < -0.39 is 0 Å². The van der Waals surface area contributed by atoms with Crippen molar-refractivity contribution in [1.82, 2.24) is 4.90 Å². The fourth-order valence-electron chi connectivity index (χ4n) is 3.78. The summed E-state index contributed by atoms with van der Waals surface area (Å²) in [5.41, 5.74) is 1.42. The molecular formula is C21H23FN2O3. The third kappa shape index (κ3) is 3.76. The Hall–Kier alpha value is -2.60. The Balaban J connectivity index is 1.33. The van der Waals surface area contributed by atoms with E-state index in [1.165, 1.54) is 6.07 Å². The highest BCUT2D eigenvalue weighted by atomic mass is 19.1. The molecule has 27 heavy (non-hydrogen) atoms. The van der Waals surface area contributed by atoms with Crippen LogP contribution in [-0.4, -0.2) is 30.7 Å². The molecule has 1 fully saturated rings. The van der Waals surface area contributed by atoms with E-state index in [1.807, 2.05) is 25.1 Å². The summed E-state index contributed by atoms with van der Waals surface area (Å²) in [7, 11) is 0. The number of likely N-dealkylation sites (tertiary alicyclic amines) is 1. The van der Waals surface area contributed by atoms with Gasteiger partial charge in [0.2, 0.25) is 12.7 Å². The molecule has 2 aliphatic heterocycles. The highest BCUT2D eigenvalue weighted by Gasteiger charge is 2.28. The van der Waals surface area contributed by atoms with Gasteiger partial charge in [-0.1, -0.05) is 18.2 Å². The number of benzene rings is 2. The number of rotatable bonds is 4. The van der Waals surface area contributed by atoms with Gasteiger partial charge >= 0.3 is 0 Å². The SMILES string of the molecule is CC(c1ccccc1F)N1CCC(C(=O)Nc2ccc3c(c2)OCO3)CC1. The standard InChI is InChI=1S/C21H23FN2O3/c1-14(17-4-2-3-5-18(17)22)24-10-8-15(9-11-24)21(25)23-16-6-7-19-20(12-16)27-13-26-19/h2-7,12,14-15H,8-11,13H2,1H3,(H,23,25). The molecule has 0 aliphatic carbocycles. The van der Waals surface area contributed by atoms with Gasteiger partial charge in [-0.05, 0) is 51.1 Å². The Morgan fingerprint density at radius 2 is 1.89 bits per heavy atom. The third-order valence-corrected chi connectivity index (χ3v) is 5.44. The van der Waals surface area contributed by atoms with Crippen LogP contribution in [0.2, 0.25) is 0 Å². The zero-order valence-electron chi connectivity index (χ0n) is 15.3. The first-order valence-electron chi connectivity index (χ1n) is 9.31. The van der Waals surface area contributed by atoms with E-state index in [0.717, 1.165) is 25.9 Å². The maximum absolute atomic E-state index is 14.0. The lowest BCUT2D eigenvalue weighted by atomic mass is 9.93. The fraction of sp³-hybridized carbons (Fsp3) is 0.381. The van der Waals surface area contributed by atoms with Gasteiger partial charge in [-0.3, -0.25) is 9.69 Å². The molecule has 2 aliphatic rings. The molecule has 1 saturated heterocycles. The van der Waals surface area contributed by atoms with Crippen molar-refractivity contribution in [3.63, 3.8) is 0 Å². The second kappa shape index (κ2) is 7.56. The van der Waals surface area contributed by atoms with Crippen LogP contribution in [0.3, 0.4) is 0 Å². The van der Waals surface area contributed by atoms with Crippen molar-refractivity contribution < 1.29 is 18.7 Å². The van der Waals surface area contributed by atoms with Gasteiger partial charge in [0, 0.05) is 29.3 Å². The van der Waals surface area contributed by atoms with Crippen molar-refractivity contribution in [3.05, 3.63) is 53.8 Å². The van der Waals surface area contributed by atoms with E-state index in [2.05, 4.69) is 10.2 Å². The zero-order chi connectivity index (χ0) is 18.8. The van der Waals surface area contributed by atoms with Crippen LogP contribution in [-0.2, 0) is 4.79 Å². The molecule has 1 atom stereocenters. The van der Waals surface area contributed by atoms with Gasteiger partial charge in [0.15, 0.2) is 11.5 Å². The molecule has 2 aromatic carbocycles. The van der Waals surface area contributed by atoms with Crippen LogP contribution in [0.15, 0.2) is 42.5 Å². The van der Waals surface area contributed by atoms with Crippen LogP contribution in [0, 0.1) is 11.7 Å². The number of fused-ring (bicyclic) bond motifs is 1. The molecule has 142 valence electrons. The number of hydrogen-bond acceptors (Lipinski definition) is 4. The lowest BCUT2D eigenvalue weighted by molar-refractivity contribution is -0.121. The Kier molecular flexibility index (Phi) is 4.99. The van der Waals surface area contributed by atoms with Gasteiger partial charge in [0.1, 0.15) is 5.82 Å². The molecule has 4 rings (SSSR count). The largest absolute Gasteiger partial charge is 0.454 e. The third-order valence-electron chi connectivity index (χ3n) is 5.44. The fourth-order valence-corrected chi connectivity index (χ4v) is 3.78. The molecule has 0 aromatic heterocycles. The van der Waals surface area contributed by atoms with Crippen molar-refractivity contribution in [3.8, 4) is 11.5 Å². The van der Waals surface area contributed by atoms with Crippen LogP contribution in [0.25, 0.3) is 0 Å². The summed E-state index contributed by atoms with van der Waals surface area (Å²) >= 11 is 0. The van der Waals surface area contributed by atoms with E-state index in [1.54, 1.807) is 18.2 Å². The number of halogens is 1. The maximum Gasteiger partial charge on any atom is 0.231 e. The Labute approximate surface area is 158 Å². The van der Waals surface area contributed by atoms with Crippen molar-refractivity contribution in [2.24, 2.45) is 5.92 Å². The molecule has 0 bridgehead atoms. The summed E-state index contributed by atoms with van der Waals surface area (Å²) in [4.78, 5) is 14.8. The quantitative estimate of drug-likeness (QED) is 0.885. The number of amides is 1. The summed E-state index contributed by atoms with van der Waals surface area (Å²) in [5, 5.41) is 2.97.